The number of carbonyl (C=O) groups is 2. The number of nitrogens with zero attached hydrogens (tertiary/aromatic N) is 5. The number of hydrogen-bond acceptors (Lipinski definition) is 8. The largest absolute Gasteiger partial charge is 0.471 e. The zero-order valence-electron chi connectivity index (χ0n) is 24.5. The molecule has 6 rings (SSSR count). The molecular weight excluding hydrogens is 605 g/mol. The van der Waals surface area contributed by atoms with E-state index >= 15 is 0 Å². The molecule has 3 aliphatic carbocycles. The van der Waals surface area contributed by atoms with Crippen LogP contribution in [0.1, 0.15) is 98.5 Å². The maximum absolute atomic E-state index is 14.0. The van der Waals surface area contributed by atoms with E-state index in [1.54, 1.807) is 18.5 Å². The topological polar surface area (TPSA) is 137 Å². The molecule has 0 saturated heterocycles. The van der Waals surface area contributed by atoms with Gasteiger partial charge in [-0.1, -0.05) is 0 Å². The van der Waals surface area contributed by atoms with Crippen LogP contribution in [0.4, 0.5) is 22.0 Å². The summed E-state index contributed by atoms with van der Waals surface area (Å²) in [6.45, 7) is 0.888. The number of imidazole rings is 1. The third-order valence-electron chi connectivity index (χ3n) is 8.74. The quantitative estimate of drug-likeness (QED) is 0.260. The van der Waals surface area contributed by atoms with Gasteiger partial charge in [-0.05, 0) is 72.3 Å². The van der Waals surface area contributed by atoms with Crippen LogP contribution in [0.5, 0.6) is 5.88 Å². The highest BCUT2D eigenvalue weighted by molar-refractivity contribution is 5.94. The summed E-state index contributed by atoms with van der Waals surface area (Å²) < 4.78 is 79.2. The molecule has 244 valence electrons. The van der Waals surface area contributed by atoms with Crippen LogP contribution in [0.3, 0.4) is 0 Å². The fourth-order valence-electron chi connectivity index (χ4n) is 6.20. The third kappa shape index (κ3) is 7.35. The first-order valence-electron chi connectivity index (χ1n) is 15.2. The van der Waals surface area contributed by atoms with Crippen molar-refractivity contribution in [2.45, 2.75) is 94.8 Å². The Labute approximate surface area is 254 Å². The third-order valence-corrected chi connectivity index (χ3v) is 8.74. The van der Waals surface area contributed by atoms with Gasteiger partial charge in [-0.15, -0.1) is 0 Å². The van der Waals surface area contributed by atoms with Crippen LogP contribution >= 0.6 is 0 Å². The molecule has 16 heteroatoms. The molecular formula is C29H34F5N7O4. The summed E-state index contributed by atoms with van der Waals surface area (Å²) in [7, 11) is 0. The summed E-state index contributed by atoms with van der Waals surface area (Å²) in [4.78, 5) is 30.7. The molecule has 3 aromatic heterocycles. The van der Waals surface area contributed by atoms with Gasteiger partial charge in [0.05, 0.1) is 30.2 Å². The molecule has 3 aliphatic rings. The maximum Gasteiger partial charge on any atom is 0.289 e. The Bertz CT molecular complexity index is 1520. The van der Waals surface area contributed by atoms with E-state index in [0.717, 1.165) is 12.8 Å². The van der Waals surface area contributed by atoms with Gasteiger partial charge in [-0.3, -0.25) is 9.59 Å². The minimum Gasteiger partial charge on any atom is -0.471 e. The molecule has 3 atom stereocenters. The minimum atomic E-state index is -2.80. The molecule has 0 aromatic carbocycles. The summed E-state index contributed by atoms with van der Waals surface area (Å²) in [5.41, 5.74) is 1.16. The van der Waals surface area contributed by atoms with Crippen molar-refractivity contribution in [2.24, 2.45) is 17.8 Å². The Morgan fingerprint density at radius 3 is 2.42 bits per heavy atom. The average Bonchev–Trinajstić information content (AvgIpc) is 3.53. The van der Waals surface area contributed by atoms with E-state index in [2.05, 4.69) is 30.7 Å². The summed E-state index contributed by atoms with van der Waals surface area (Å²) >= 11 is 0. The molecule has 45 heavy (non-hydrogen) atoms. The van der Waals surface area contributed by atoms with Crippen molar-refractivity contribution in [3.8, 4) is 5.88 Å². The highest BCUT2D eigenvalue weighted by Gasteiger charge is 2.46. The van der Waals surface area contributed by atoms with E-state index in [9.17, 15) is 31.5 Å². The summed E-state index contributed by atoms with van der Waals surface area (Å²) in [5, 5.41) is 17.4. The number of alkyl halides is 5. The van der Waals surface area contributed by atoms with Crippen LogP contribution in [0.2, 0.25) is 0 Å². The molecule has 11 nitrogen and oxygen atoms in total. The number of ether oxygens (including phenoxy) is 1. The normalized spacial score (nSPS) is 21.9. The van der Waals surface area contributed by atoms with E-state index in [1.807, 2.05) is 0 Å². The second-order valence-electron chi connectivity index (χ2n) is 12.6. The Hall–Kier alpha value is -3.85. The Balaban J connectivity index is 1.22. The molecule has 0 radical (unpaired) electrons. The molecule has 0 aliphatic heterocycles. The first-order chi connectivity index (χ1) is 21.4. The van der Waals surface area contributed by atoms with Crippen molar-refractivity contribution in [1.29, 1.82) is 0 Å². The van der Waals surface area contributed by atoms with E-state index in [0.29, 0.717) is 16.9 Å². The van der Waals surface area contributed by atoms with Crippen molar-refractivity contribution < 1.29 is 40.9 Å². The van der Waals surface area contributed by atoms with Crippen molar-refractivity contribution in [2.75, 3.05) is 6.61 Å². The SMILES string of the molecule is CC(F)COc1nonc1C(=O)N[C@H](c1cn2ncc([C@H](NC(=O)CC3CC(F)(F)C3)C3CC3)cc2n1)C1CCC(F)(F)CC1. The summed E-state index contributed by atoms with van der Waals surface area (Å²) in [6.07, 6.45) is 2.64. The van der Waals surface area contributed by atoms with Crippen LogP contribution in [0.15, 0.2) is 23.1 Å². The number of hydrogen-bond donors (Lipinski definition) is 2. The molecule has 2 N–H and O–H groups in total. The van der Waals surface area contributed by atoms with Gasteiger partial charge >= 0.3 is 0 Å². The highest BCUT2D eigenvalue weighted by Crippen LogP contribution is 2.45. The summed E-state index contributed by atoms with van der Waals surface area (Å²) in [6, 6.07) is 0.580. The Morgan fingerprint density at radius 2 is 1.76 bits per heavy atom. The predicted octanol–water partition coefficient (Wildman–Crippen LogP) is 5.15. The first kappa shape index (κ1) is 31.1. The van der Waals surface area contributed by atoms with Gasteiger partial charge in [0.15, 0.2) is 5.65 Å². The number of aromatic nitrogens is 5. The number of carbonyl (C=O) groups excluding carboxylic acids is 2. The lowest BCUT2D eigenvalue weighted by atomic mass is 9.79. The maximum atomic E-state index is 14.0. The van der Waals surface area contributed by atoms with E-state index in [4.69, 9.17) is 9.72 Å². The lowest BCUT2D eigenvalue weighted by molar-refractivity contribution is -0.134. The molecule has 0 spiro atoms. The molecule has 3 fully saturated rings. The molecule has 3 saturated carbocycles. The predicted molar refractivity (Wildman–Crippen MR) is 146 cm³/mol. The number of nitrogens with one attached hydrogen (secondary N) is 2. The van der Waals surface area contributed by atoms with Crippen LogP contribution in [0, 0.1) is 17.8 Å². The fraction of sp³-hybridized carbons (Fsp3) is 0.655. The van der Waals surface area contributed by atoms with Gasteiger partial charge in [0, 0.05) is 32.1 Å². The lowest BCUT2D eigenvalue weighted by Gasteiger charge is -2.34. The smallest absolute Gasteiger partial charge is 0.289 e. The van der Waals surface area contributed by atoms with Crippen LogP contribution in [-0.4, -0.2) is 61.3 Å². The van der Waals surface area contributed by atoms with Crippen molar-refractivity contribution in [1.82, 2.24) is 35.5 Å². The Morgan fingerprint density at radius 1 is 1.04 bits per heavy atom. The van der Waals surface area contributed by atoms with E-state index in [-0.39, 0.29) is 86.9 Å². The van der Waals surface area contributed by atoms with Gasteiger partial charge in [-0.2, -0.15) is 5.10 Å². The van der Waals surface area contributed by atoms with Crippen LogP contribution in [-0.2, 0) is 4.79 Å². The van der Waals surface area contributed by atoms with E-state index < -0.39 is 35.9 Å². The fourth-order valence-corrected chi connectivity index (χ4v) is 6.20. The molecule has 0 bridgehead atoms. The average molecular weight is 640 g/mol. The van der Waals surface area contributed by atoms with Crippen molar-refractivity contribution in [3.63, 3.8) is 0 Å². The number of amides is 2. The van der Waals surface area contributed by atoms with Gasteiger partial charge in [-0.25, -0.2) is 36.1 Å². The second-order valence-corrected chi connectivity index (χ2v) is 12.6. The number of halogens is 5. The van der Waals surface area contributed by atoms with Gasteiger partial charge in [0.25, 0.3) is 11.8 Å². The highest BCUT2D eigenvalue weighted by atomic mass is 19.3. The van der Waals surface area contributed by atoms with E-state index in [1.165, 1.54) is 11.4 Å². The van der Waals surface area contributed by atoms with Crippen molar-refractivity contribution in [3.05, 3.63) is 35.4 Å². The van der Waals surface area contributed by atoms with Crippen molar-refractivity contribution >= 4 is 17.5 Å². The standard InChI is InChI=1S/C29H34F5N7O4/c1-15(30)14-44-27-25(39-45-40-27)26(43)38-24(18-4-6-28(31,32)7-5-18)20-13-41-21(36-20)9-19(12-35-41)23(17-2-3-17)37-22(42)8-16-10-29(33,34)11-16/h9,12-13,15-18,23-24H,2-8,10-11,14H2,1H3,(H,37,42)(H,38,43)/t15?,23-,24+/m1/s1. The minimum absolute atomic E-state index is 0.0322. The monoisotopic (exact) mass is 639 g/mol. The van der Waals surface area contributed by atoms with Gasteiger partial charge in [0.1, 0.15) is 12.8 Å². The second kappa shape index (κ2) is 12.2. The summed E-state index contributed by atoms with van der Waals surface area (Å²) in [5.74, 6) is -7.41. The van der Waals surface area contributed by atoms with Crippen LogP contribution in [0.25, 0.3) is 5.65 Å². The number of rotatable bonds is 12. The molecule has 3 aromatic rings. The molecule has 2 amide bonds. The Kier molecular flexibility index (Phi) is 8.41. The molecule has 3 heterocycles. The first-order valence-corrected chi connectivity index (χ1v) is 15.2. The van der Waals surface area contributed by atoms with Crippen LogP contribution < -0.4 is 15.4 Å². The lowest BCUT2D eigenvalue weighted by Crippen LogP contribution is -2.39. The zero-order valence-corrected chi connectivity index (χ0v) is 24.5. The zero-order chi connectivity index (χ0) is 31.9. The molecule has 1 unspecified atom stereocenters. The van der Waals surface area contributed by atoms with Gasteiger partial charge in [0.2, 0.25) is 23.4 Å². The van der Waals surface area contributed by atoms with Gasteiger partial charge < -0.3 is 15.4 Å². The number of fused-ring (bicyclic) bond motifs is 1.